The normalized spacial score (nSPS) is 14.0. The van der Waals surface area contributed by atoms with E-state index in [1.54, 1.807) is 22.7 Å². The summed E-state index contributed by atoms with van der Waals surface area (Å²) in [5, 5.41) is 11.1. The average molecular weight is 1380 g/mol. The Kier molecular flexibility index (Phi) is 12.9. The fraction of sp³-hybridized carbons (Fsp3) is 0.133. The summed E-state index contributed by atoms with van der Waals surface area (Å²) in [6, 6.07) is 52.6. The van der Waals surface area contributed by atoms with Gasteiger partial charge in [0.2, 0.25) is 41.5 Å². The fourth-order valence-electron chi connectivity index (χ4n) is 17.3. The lowest BCUT2D eigenvalue weighted by molar-refractivity contribution is -0.672. The van der Waals surface area contributed by atoms with Crippen molar-refractivity contribution in [2.24, 2.45) is 0 Å². The Morgan fingerprint density at radius 2 is 0.850 bits per heavy atom. The van der Waals surface area contributed by atoms with Crippen LogP contribution < -0.4 is 48.3 Å². The highest BCUT2D eigenvalue weighted by molar-refractivity contribution is 7.26. The predicted octanol–water partition coefficient (Wildman–Crippen LogP) is 12.0. The summed E-state index contributed by atoms with van der Waals surface area (Å²) in [4.78, 5) is 32.0. The smallest absolute Gasteiger partial charge is 0.234 e. The van der Waals surface area contributed by atoms with Crippen molar-refractivity contribution in [2.45, 2.75) is 73.4 Å². The van der Waals surface area contributed by atoms with Crippen molar-refractivity contribution in [3.63, 3.8) is 0 Å². The Hall–Kier alpha value is -10.7. The molecule has 26 rings (SSSR count). The van der Waals surface area contributed by atoms with Crippen molar-refractivity contribution in [3.8, 4) is 22.5 Å². The maximum Gasteiger partial charge on any atom is 0.234 e. The highest BCUT2D eigenvalue weighted by Gasteiger charge is 2.56. The van der Waals surface area contributed by atoms with Crippen LogP contribution in [0.2, 0.25) is 0 Å². The van der Waals surface area contributed by atoms with Gasteiger partial charge in [-0.1, -0.05) is 60.7 Å². The molecule has 0 saturated carbocycles. The number of pyridine rings is 12. The highest BCUT2D eigenvalue weighted by atomic mass is 32.1. The number of aromatic nitrogens is 12. The summed E-state index contributed by atoms with van der Waals surface area (Å²) in [6.07, 6.45) is 25.8. The molecule has 17 heteroatoms. The van der Waals surface area contributed by atoms with Gasteiger partial charge in [0, 0.05) is 123 Å². The van der Waals surface area contributed by atoms with Gasteiger partial charge in [0.15, 0.2) is 76.4 Å². The van der Waals surface area contributed by atoms with E-state index in [1.165, 1.54) is 192 Å². The van der Waals surface area contributed by atoms with Gasteiger partial charge in [-0.3, -0.25) is 9.97 Å². The van der Waals surface area contributed by atoms with Gasteiger partial charge in [0.25, 0.3) is 0 Å². The fourth-order valence-corrected chi connectivity index (χ4v) is 27.1. The molecule has 16 aromatic heterocycles. The number of hydrogen-bond acceptors (Lipinski definition) is 10. The summed E-state index contributed by atoms with van der Waals surface area (Å²) in [7, 11) is -2.35. The molecule has 0 atom stereocenters. The molecule has 2 aromatic carbocycles. The van der Waals surface area contributed by atoms with Gasteiger partial charge in [0.1, 0.15) is 38.1 Å². The van der Waals surface area contributed by atoms with Crippen LogP contribution in [0.1, 0.15) is 66.9 Å². The summed E-state index contributed by atoms with van der Waals surface area (Å²) >= 11 is 7.22. The molecular formula is C83H62N12S4Si+6. The third-order valence-electron chi connectivity index (χ3n) is 21.6. The standard InChI is InChI=1S/C23H17N2Si.C13H11N2S.2C12H9N2S.C12H9N2.C11H7N2S/c1-3-8-18(9-4-1)26(19-10-5-2-6-11-19)20-12-7-15-25-16-17-13-14-24-23(26)21(17)22(20)25;1-7-5-15-6-9-3-4-14-13-10(9)11(15)12(16-13)8(7)2;1-7-3-5-14-6-8-2-4-13-12-9(8)10(14)11(7)15-12;1-7-4-9-11-10-8(6-14(11)5-7)2-3-13-12(10)15-9;1-2-8-6-10-11-9(3-4-13-10)7-14(5-1)12(8)11;1-2-8-10-9-7(6-13(10)5-1)3-4-12-11(9)14-8/h1-15H,16H2;3-5H,6H2,1-2H3;2*2-5H,6H2,1H3;1-5H,6-7H2;1-5H,6H2/q6*+1. The topological polar surface area (TPSA) is 101 Å². The van der Waals surface area contributed by atoms with Crippen molar-refractivity contribution in [1.29, 1.82) is 0 Å². The minimum atomic E-state index is -2.35. The minimum absolute atomic E-state index is 0.960. The SMILES string of the molecule is Cc1c[n+]2c3c(sc4nccc(c43)C2)c1C.Cc1cc2sc3nccc4c3c2[n+](c1)C4.Cc1cc[n+]2c3c1sc1nccc(c13)C2.c1cc2c3[n+](c1)Cc1ccnc(c1-3)C2.c1cc2sc3nccc4c3c2[n+](c1)C4.c1ccc([Si]2(c3ccccc3)c3ccc[n+]4c3-c3c(ccnc32)C4)cc1. The lowest BCUT2D eigenvalue weighted by Crippen LogP contribution is -2.74. The maximum atomic E-state index is 5.02. The first kappa shape index (κ1) is 58.3. The van der Waals surface area contributed by atoms with Crippen LogP contribution in [0, 0.1) is 27.7 Å². The molecule has 7 aliphatic heterocycles. The molecule has 476 valence electrons. The van der Waals surface area contributed by atoms with E-state index in [0.29, 0.717) is 0 Å². The van der Waals surface area contributed by atoms with Crippen molar-refractivity contribution < 1.29 is 27.4 Å². The lowest BCUT2D eigenvalue weighted by atomic mass is 10.1. The molecule has 23 heterocycles. The van der Waals surface area contributed by atoms with E-state index in [9.17, 15) is 0 Å². The van der Waals surface area contributed by atoms with Crippen molar-refractivity contribution in [1.82, 2.24) is 29.9 Å². The quantitative estimate of drug-likeness (QED) is 0.126. The van der Waals surface area contributed by atoms with Gasteiger partial charge < -0.3 is 0 Å². The molecule has 0 N–H and O–H groups in total. The van der Waals surface area contributed by atoms with Crippen LogP contribution in [0.25, 0.3) is 104 Å². The van der Waals surface area contributed by atoms with Crippen LogP contribution in [0.4, 0.5) is 0 Å². The average Bonchev–Trinajstić information content (AvgIpc) is 1.51. The molecule has 0 spiro atoms. The molecule has 1 aliphatic carbocycles. The van der Waals surface area contributed by atoms with Crippen molar-refractivity contribution in [2.75, 3.05) is 0 Å². The zero-order valence-corrected chi connectivity index (χ0v) is 59.5. The van der Waals surface area contributed by atoms with Crippen molar-refractivity contribution >= 4 is 156 Å². The van der Waals surface area contributed by atoms with Gasteiger partial charge >= 0.3 is 0 Å². The summed E-state index contributed by atoms with van der Waals surface area (Å²) in [5.41, 5.74) is 27.8. The number of aryl methyl sites for hydroxylation is 4. The zero-order chi connectivity index (χ0) is 66.2. The van der Waals surface area contributed by atoms with E-state index in [4.69, 9.17) is 4.98 Å². The summed E-state index contributed by atoms with van der Waals surface area (Å²) in [5.74, 6) is 0. The van der Waals surface area contributed by atoms with E-state index in [0.717, 1.165) is 45.7 Å². The Balaban J connectivity index is 0.0000000799. The second kappa shape index (κ2) is 22.2. The maximum absolute atomic E-state index is 5.02. The van der Waals surface area contributed by atoms with Crippen LogP contribution in [-0.2, 0) is 45.7 Å². The molecule has 0 unspecified atom stereocenters. The molecule has 18 aromatic rings. The van der Waals surface area contributed by atoms with Gasteiger partial charge in [-0.15, -0.1) is 45.3 Å². The molecule has 100 heavy (non-hydrogen) atoms. The Bertz CT molecular complexity index is 6360. The van der Waals surface area contributed by atoms with Crippen LogP contribution >= 0.6 is 45.3 Å². The van der Waals surface area contributed by atoms with E-state index < -0.39 is 8.07 Å². The minimum Gasteiger partial charge on any atom is -0.264 e. The molecule has 0 bridgehead atoms. The van der Waals surface area contributed by atoms with Crippen LogP contribution in [0.3, 0.4) is 0 Å². The molecule has 0 fully saturated rings. The van der Waals surface area contributed by atoms with E-state index >= 15 is 0 Å². The first-order chi connectivity index (χ1) is 49.2. The number of rotatable bonds is 2. The molecular weight excluding hydrogens is 1320 g/mol. The number of hydrogen-bond donors (Lipinski definition) is 0. The van der Waals surface area contributed by atoms with Gasteiger partial charge in [-0.2, -0.15) is 27.4 Å². The number of thiophene rings is 4. The molecule has 0 amide bonds. The number of nitrogens with zero attached hydrogens (tertiary/aromatic N) is 12. The van der Waals surface area contributed by atoms with Crippen LogP contribution in [0.5, 0.6) is 0 Å². The first-order valence-corrected chi connectivity index (χ1v) is 39.4. The largest absolute Gasteiger partial charge is 0.264 e. The lowest BCUT2D eigenvalue weighted by Gasteiger charge is -2.29. The number of benzene rings is 2. The van der Waals surface area contributed by atoms with Gasteiger partial charge in [0.05, 0.1) is 43.7 Å². The third-order valence-corrected chi connectivity index (χ3v) is 30.8. The van der Waals surface area contributed by atoms with Gasteiger partial charge in [-0.25, -0.2) is 19.9 Å². The zero-order valence-electron chi connectivity index (χ0n) is 55.2. The van der Waals surface area contributed by atoms with Gasteiger partial charge in [-0.05, 0) is 110 Å². The van der Waals surface area contributed by atoms with Crippen LogP contribution in [0.15, 0.2) is 220 Å². The Labute approximate surface area is 591 Å². The first-order valence-electron chi connectivity index (χ1n) is 34.1. The second-order valence-corrected chi connectivity index (χ2v) is 35.0. The predicted molar refractivity (Wildman–Crippen MR) is 403 cm³/mol. The molecule has 0 saturated heterocycles. The Morgan fingerprint density at radius 1 is 0.360 bits per heavy atom. The Morgan fingerprint density at radius 3 is 1.52 bits per heavy atom. The second-order valence-electron chi connectivity index (χ2n) is 27.3. The van der Waals surface area contributed by atoms with Crippen molar-refractivity contribution in [3.05, 3.63) is 287 Å². The monoisotopic (exact) mass is 1380 g/mol. The van der Waals surface area contributed by atoms with E-state index in [-0.39, 0.29) is 0 Å². The molecule has 8 aliphatic rings. The third kappa shape index (κ3) is 8.53. The van der Waals surface area contributed by atoms with Crippen LogP contribution in [-0.4, -0.2) is 38.0 Å². The molecule has 0 radical (unpaired) electrons. The summed E-state index contributed by atoms with van der Waals surface area (Å²) < 4.78 is 19.6. The highest BCUT2D eigenvalue weighted by Crippen LogP contribution is 2.42. The summed E-state index contributed by atoms with van der Waals surface area (Å²) in [6.45, 7) is 14.7. The van der Waals surface area contributed by atoms with E-state index in [1.807, 2.05) is 59.9 Å². The molecule has 12 nitrogen and oxygen atoms in total. The van der Waals surface area contributed by atoms with E-state index in [2.05, 4.69) is 263 Å².